The Kier molecular flexibility index (Phi) is 58.4. The number of carbonyl (C=O) groups excluding carboxylic acids is 5. The number of thioether (sulfide) groups is 4. The largest absolute Gasteiger partial charge is 0.493 e. The number of aliphatic hydroxyl groups excluding tert-OH is 2. The van der Waals surface area contributed by atoms with Crippen LogP contribution in [0.15, 0.2) is 200 Å². The zero-order valence-electron chi connectivity index (χ0n) is 75.2. The van der Waals surface area contributed by atoms with E-state index < -0.39 is 6.04 Å². The summed E-state index contributed by atoms with van der Waals surface area (Å²) in [5, 5.41) is 23.9. The van der Waals surface area contributed by atoms with Crippen LogP contribution in [0.2, 0.25) is 0 Å². The monoisotopic (exact) mass is 1970 g/mol. The number of thiol groups is 1. The minimum Gasteiger partial charge on any atom is -0.493 e. The molecule has 0 bridgehead atoms. The Hall–Kier alpha value is -7.59. The van der Waals surface area contributed by atoms with Gasteiger partial charge in [0, 0.05) is 88.9 Å². The van der Waals surface area contributed by atoms with Crippen LogP contribution < -0.4 is 46.4 Å². The molecule has 9 N–H and O–H groups in total. The Bertz CT molecular complexity index is 4120. The third-order valence-electron chi connectivity index (χ3n) is 21.9. The number of imide groups is 1. The highest BCUT2D eigenvalue weighted by Gasteiger charge is 2.46. The van der Waals surface area contributed by atoms with Gasteiger partial charge in [-0.15, -0.1) is 47.0 Å². The first-order valence-electron chi connectivity index (χ1n) is 45.4. The molecule has 2 amide bonds. The van der Waals surface area contributed by atoms with Gasteiger partial charge in [0.1, 0.15) is 34.3 Å². The fourth-order valence-electron chi connectivity index (χ4n) is 15.1. The van der Waals surface area contributed by atoms with Gasteiger partial charge in [0.2, 0.25) is 5.78 Å². The maximum absolute atomic E-state index is 12.5. The zero-order chi connectivity index (χ0) is 91.8. The fraction of sp³-hybridized carbons (Fsp3) is 0.525. The molecule has 5 aliphatic carbocycles. The molecule has 1 atom stereocenters. The van der Waals surface area contributed by atoms with E-state index in [0.717, 1.165) is 131 Å². The number of nitroso groups, excluding NO2 is 1. The van der Waals surface area contributed by atoms with Gasteiger partial charge in [0.05, 0.1) is 76.5 Å². The van der Waals surface area contributed by atoms with Crippen LogP contribution in [0.1, 0.15) is 218 Å². The lowest BCUT2D eigenvalue weighted by Gasteiger charge is -2.21. The number of aliphatic hydroxyl groups is 2. The predicted molar refractivity (Wildman–Crippen MR) is 529 cm³/mol. The van der Waals surface area contributed by atoms with Crippen molar-refractivity contribution in [1.82, 2.24) is 5.32 Å². The molecule has 1 unspecified atom stereocenters. The summed E-state index contributed by atoms with van der Waals surface area (Å²) >= 11 is 12.5. The number of carbonyl (C=O) groups is 5. The molecule has 15 rings (SSSR count). The molecule has 128 heavy (non-hydrogen) atoms. The van der Waals surface area contributed by atoms with E-state index in [0.29, 0.717) is 46.4 Å². The number of ether oxygens (including phenoxy) is 8. The molecule has 5 saturated carbocycles. The maximum Gasteiger partial charge on any atom is 0.315 e. The summed E-state index contributed by atoms with van der Waals surface area (Å²) in [6.45, 7) is 9.12. The van der Waals surface area contributed by atoms with Crippen molar-refractivity contribution in [3.8, 4) is 28.7 Å². The van der Waals surface area contributed by atoms with Gasteiger partial charge in [0.15, 0.2) is 0 Å². The third-order valence-corrected chi connectivity index (χ3v) is 26.9. The number of rotatable bonds is 29. The number of nitrogens with two attached hydrogens (primary N) is 3. The summed E-state index contributed by atoms with van der Waals surface area (Å²) in [5.41, 5.74) is 7.51. The van der Waals surface area contributed by atoms with Crippen LogP contribution >= 0.6 is 82.3 Å². The van der Waals surface area contributed by atoms with E-state index in [1.54, 1.807) is 90.7 Å². The van der Waals surface area contributed by atoms with Crippen molar-refractivity contribution in [3.05, 3.63) is 195 Å². The van der Waals surface area contributed by atoms with E-state index in [-0.39, 0.29) is 48.5 Å². The number of amides is 2. The molecule has 7 aromatic rings. The van der Waals surface area contributed by atoms with Gasteiger partial charge < -0.3 is 65.5 Å². The lowest BCUT2D eigenvalue weighted by molar-refractivity contribution is -0.482. The Morgan fingerprint density at radius 3 is 1.11 bits per heavy atom. The standard InChI is InChI=1S/C23H26NO3S.C16H22O3S.C15H23NOS.C15H22O2S.C13H17IO.C8H5NO2.C4H8O.C3H6O2S.C2H6O.H4N4/c25-23-20-11-4-5-12-21(20)24(26)22(23)13-14-28-19-10-6-9-18(15-19)27-16-17-7-2-1-3-8-17;1-18-16(17)12-20-15-9-5-8-14(10-15)19-11-13-6-3-2-4-7-13;2*16-9-10-18-15-8-4-7-14(11-15)17-12-13-5-2-1-3-6-13;14-12-7-4-8-13(9-12)15-10-11-5-2-1-3-6-11;10-7-5-3-1-2-4-6(5)8(11)9-7;1-2-4-5-3-1;1-5-3(4)2-6;1-2-3;1-3-4-2/h4-6,9-12,15,17,22H,1-3,7-8,13-14,16H2;5,8-10,13H,2-4,6-7,11-12H2,1H3;4,7-8,11,13H,1-3,5-6,9-10,12,16H2;4,7-8,11,13,16H,1-3,5-6,9-10,12H2;4,7-9,11H,1-3,5-6,10H2;1-4H,(H,9,10,11);1-4H2;6H,2H2,1H3;3H,2H2,1H3;(H2,1,4)(H2,2,3)/q+1;;;;;;;;;. The van der Waals surface area contributed by atoms with E-state index >= 15 is 0 Å². The van der Waals surface area contributed by atoms with Crippen molar-refractivity contribution in [2.75, 3.05) is 109 Å². The molecule has 3 aliphatic heterocycles. The molecule has 23 nitrogen and oxygen atoms in total. The quantitative estimate of drug-likeness (QED) is 0.00264. The van der Waals surface area contributed by atoms with Crippen LogP contribution in [0.4, 0.5) is 5.69 Å². The summed E-state index contributed by atoms with van der Waals surface area (Å²) in [5.74, 6) is 19.0. The second kappa shape index (κ2) is 68.4. The molecule has 8 aliphatic rings. The zero-order valence-corrected chi connectivity index (χ0v) is 81.5. The van der Waals surface area contributed by atoms with Crippen LogP contribution in [0.3, 0.4) is 0 Å². The number of methoxy groups -OCH3 is 2. The first kappa shape index (κ1) is 109. The molecule has 0 radical (unpaired) electrons. The van der Waals surface area contributed by atoms with Crippen LogP contribution in [0, 0.1) is 38.1 Å². The molecular formula is C99H139IN7O16S5+. The fourth-order valence-corrected chi connectivity index (χ4v) is 18.9. The number of esters is 2. The summed E-state index contributed by atoms with van der Waals surface area (Å²) in [6.07, 6.45) is 36.7. The molecule has 3 heterocycles. The number of hydrogen-bond donors (Lipinski definition) is 7. The van der Waals surface area contributed by atoms with E-state index in [9.17, 15) is 28.9 Å². The van der Waals surface area contributed by atoms with E-state index in [4.69, 9.17) is 44.4 Å². The second-order valence-electron chi connectivity index (χ2n) is 31.8. The third kappa shape index (κ3) is 46.0. The number of nitrogens with one attached hydrogen (secondary N) is 1. The summed E-state index contributed by atoms with van der Waals surface area (Å²) in [4.78, 5) is 72.3. The average Bonchev–Trinajstić information content (AvgIpc) is 1.64. The minimum absolute atomic E-state index is 0.0595. The molecule has 6 fully saturated rings. The van der Waals surface area contributed by atoms with Crippen molar-refractivity contribution < 1.29 is 76.8 Å². The number of para-hydroxylation sites is 1. The number of nitrogens with zero attached hydrogens (tertiary/aromatic N) is 3. The SMILES string of the molecule is C1CCOC1.CCO.COC(=O)CS.COC(=O)CSc1cccc(OCC2CCCCC2)c1.Ic1cccc(OCC2CCCCC2)c1.N/N=N/N.NCCSc1cccc(OCC2CCCCC2)c1.O=C1NC(=O)c2ccccc21.O=C1c2ccccc2[N+](=O)C1CCSc1cccc(OCC2CCCCC2)c1.OCCSc1cccc(OCC2CCCCC2)c1. The van der Waals surface area contributed by atoms with Crippen molar-refractivity contribution in [2.45, 2.75) is 212 Å². The number of benzene rings is 7. The molecule has 29 heteroatoms. The van der Waals surface area contributed by atoms with Crippen molar-refractivity contribution in [1.29, 1.82) is 0 Å². The first-order valence-corrected chi connectivity index (χ1v) is 51.1. The highest BCUT2D eigenvalue weighted by atomic mass is 127. The first-order chi connectivity index (χ1) is 62.5. The van der Waals surface area contributed by atoms with E-state index in [2.05, 4.69) is 139 Å². The molecule has 0 aromatic heterocycles. The van der Waals surface area contributed by atoms with Crippen LogP contribution in [-0.4, -0.2) is 160 Å². The Morgan fingerprint density at radius 2 is 0.797 bits per heavy atom. The van der Waals surface area contributed by atoms with Gasteiger partial charge in [-0.05, 0) is 245 Å². The van der Waals surface area contributed by atoms with Gasteiger partial charge in [-0.3, -0.25) is 29.3 Å². The normalized spacial score (nSPS) is 16.5. The number of ketones is 1. The van der Waals surface area contributed by atoms with Gasteiger partial charge >= 0.3 is 11.9 Å². The molecular weight excluding hydrogens is 1830 g/mol. The lowest BCUT2D eigenvalue weighted by Crippen LogP contribution is -2.23. The van der Waals surface area contributed by atoms with E-state index in [1.165, 1.54) is 213 Å². The highest BCUT2D eigenvalue weighted by molar-refractivity contribution is 14.1. The maximum atomic E-state index is 12.5. The molecule has 702 valence electrons. The number of Topliss-reactive ketones (excluding diaryl/α,β-unsaturated/α-hetero) is 1. The lowest BCUT2D eigenvalue weighted by atomic mass is 9.90. The summed E-state index contributed by atoms with van der Waals surface area (Å²) < 4.78 is 45.4. The second-order valence-corrected chi connectivity index (χ2v) is 37.9. The predicted octanol–water partition coefficient (Wildman–Crippen LogP) is 22.0. The summed E-state index contributed by atoms with van der Waals surface area (Å²) in [6, 6.07) is 54.1. The average molecular weight is 1970 g/mol. The number of halogens is 1. The van der Waals surface area contributed by atoms with Gasteiger partial charge in [-0.25, -0.2) is 0 Å². The molecule has 0 spiro atoms. The topological polar surface area (TPSA) is 335 Å². The minimum atomic E-state index is -0.601. The Balaban J connectivity index is 0.000000231. The van der Waals surface area contributed by atoms with Crippen molar-refractivity contribution in [3.63, 3.8) is 0 Å². The van der Waals surface area contributed by atoms with Crippen LogP contribution in [-0.2, 0) is 23.8 Å². The van der Waals surface area contributed by atoms with Crippen LogP contribution in [0.5, 0.6) is 28.7 Å². The van der Waals surface area contributed by atoms with Crippen molar-refractivity contribution in [2.24, 2.45) is 57.5 Å². The smallest absolute Gasteiger partial charge is 0.315 e. The molecule has 1 saturated heterocycles. The number of hydrogen-bond acceptors (Lipinski definition) is 24. The Labute approximate surface area is 796 Å². The highest BCUT2D eigenvalue weighted by Crippen LogP contribution is 2.36. The van der Waals surface area contributed by atoms with E-state index in [1.807, 2.05) is 54.6 Å². The molecule has 7 aromatic carbocycles. The van der Waals surface area contributed by atoms with Gasteiger partial charge in [0.25, 0.3) is 23.5 Å². The van der Waals surface area contributed by atoms with Crippen LogP contribution in [0.25, 0.3) is 0 Å². The van der Waals surface area contributed by atoms with Crippen molar-refractivity contribution >= 4 is 117 Å². The Morgan fingerprint density at radius 1 is 0.461 bits per heavy atom. The summed E-state index contributed by atoms with van der Waals surface area (Å²) in [7, 11) is 2.74. The number of fused-ring (bicyclic) bond motifs is 2. The van der Waals surface area contributed by atoms with Gasteiger partial charge in [-0.2, -0.15) is 12.6 Å². The van der Waals surface area contributed by atoms with Gasteiger partial charge in [-0.1, -0.05) is 161 Å².